The quantitative estimate of drug-likeness (QED) is 0.902. The average Bonchev–Trinajstić information content (AvgIpc) is 3.08. The van der Waals surface area contributed by atoms with Crippen molar-refractivity contribution in [2.75, 3.05) is 11.4 Å². The van der Waals surface area contributed by atoms with Crippen LogP contribution in [-0.2, 0) is 23.1 Å². The molecule has 1 aliphatic rings. The van der Waals surface area contributed by atoms with Crippen LogP contribution in [0.3, 0.4) is 0 Å². The monoisotopic (exact) mass is 333 g/mol. The molecule has 1 saturated heterocycles. The smallest absolute Gasteiger partial charge is 0.249 e. The zero-order valence-electron chi connectivity index (χ0n) is 12.6. The van der Waals surface area contributed by atoms with E-state index in [2.05, 4.69) is 15.6 Å². The number of hydrogen-bond donors (Lipinski definition) is 1. The van der Waals surface area contributed by atoms with E-state index in [1.54, 1.807) is 36.2 Å². The first kappa shape index (κ1) is 15.5. The highest BCUT2D eigenvalue weighted by atomic mass is 35.5. The number of carbonyl (C=O) groups excluding carboxylic acids is 2. The Balaban J connectivity index is 1.62. The van der Waals surface area contributed by atoms with Gasteiger partial charge in [-0.15, -0.1) is 5.10 Å². The van der Waals surface area contributed by atoms with Crippen LogP contribution in [0, 0.1) is 0 Å². The van der Waals surface area contributed by atoms with Crippen molar-refractivity contribution in [3.63, 3.8) is 0 Å². The summed E-state index contributed by atoms with van der Waals surface area (Å²) in [5.41, 5.74) is 1.48. The van der Waals surface area contributed by atoms with Crippen molar-refractivity contribution in [1.82, 2.24) is 20.3 Å². The molecular weight excluding hydrogens is 318 g/mol. The number of nitrogens with one attached hydrogen (secondary N) is 1. The van der Waals surface area contributed by atoms with Gasteiger partial charge in [0.2, 0.25) is 11.8 Å². The van der Waals surface area contributed by atoms with Gasteiger partial charge in [-0.05, 0) is 30.7 Å². The standard InChI is InChI=1S/C15H16ClN5O2/c1-20-12(9-17-19-20)8-14(22)18-13-6-7-21(15(13)23)11-4-2-10(16)3-5-11/h2-5,9,13H,6-8H2,1H3,(H,18,22). The van der Waals surface area contributed by atoms with Gasteiger partial charge in [0.1, 0.15) is 6.04 Å². The summed E-state index contributed by atoms with van der Waals surface area (Å²) in [5, 5.41) is 10.9. The van der Waals surface area contributed by atoms with Crippen molar-refractivity contribution in [3.8, 4) is 0 Å². The van der Waals surface area contributed by atoms with Gasteiger partial charge in [-0.2, -0.15) is 0 Å². The average molecular weight is 334 g/mol. The minimum atomic E-state index is -0.501. The molecule has 8 heteroatoms. The van der Waals surface area contributed by atoms with Gasteiger partial charge in [-0.3, -0.25) is 14.3 Å². The minimum absolute atomic E-state index is 0.108. The summed E-state index contributed by atoms with van der Waals surface area (Å²) in [6, 6.07) is 6.58. The molecule has 0 bridgehead atoms. The summed E-state index contributed by atoms with van der Waals surface area (Å²) in [4.78, 5) is 26.2. The van der Waals surface area contributed by atoms with E-state index >= 15 is 0 Å². The molecule has 1 aromatic heterocycles. The van der Waals surface area contributed by atoms with E-state index in [-0.39, 0.29) is 18.2 Å². The van der Waals surface area contributed by atoms with Crippen molar-refractivity contribution >= 4 is 29.1 Å². The fourth-order valence-corrected chi connectivity index (χ4v) is 2.70. The molecule has 2 aromatic rings. The lowest BCUT2D eigenvalue weighted by atomic mass is 10.2. The number of benzene rings is 1. The number of nitrogens with zero attached hydrogens (tertiary/aromatic N) is 4. The summed E-state index contributed by atoms with van der Waals surface area (Å²) < 4.78 is 1.54. The third kappa shape index (κ3) is 3.34. The van der Waals surface area contributed by atoms with Crippen molar-refractivity contribution in [1.29, 1.82) is 0 Å². The topological polar surface area (TPSA) is 80.1 Å². The molecule has 0 aliphatic carbocycles. The van der Waals surface area contributed by atoms with Gasteiger partial charge in [0.05, 0.1) is 18.3 Å². The van der Waals surface area contributed by atoms with Crippen molar-refractivity contribution in [2.24, 2.45) is 7.05 Å². The lowest BCUT2D eigenvalue weighted by Crippen LogP contribution is -2.42. The molecule has 1 N–H and O–H groups in total. The molecule has 1 atom stereocenters. The van der Waals surface area contributed by atoms with Crippen LogP contribution in [0.15, 0.2) is 30.5 Å². The largest absolute Gasteiger partial charge is 0.344 e. The Morgan fingerprint density at radius 2 is 2.13 bits per heavy atom. The maximum atomic E-state index is 12.4. The van der Waals surface area contributed by atoms with Gasteiger partial charge in [-0.1, -0.05) is 16.8 Å². The summed E-state index contributed by atoms with van der Waals surface area (Å²) in [5.74, 6) is -0.324. The SMILES string of the molecule is Cn1nncc1CC(=O)NC1CCN(c2ccc(Cl)cc2)C1=O. The molecular formula is C15H16ClN5O2. The fourth-order valence-electron chi connectivity index (χ4n) is 2.57. The van der Waals surface area contributed by atoms with Gasteiger partial charge < -0.3 is 10.2 Å². The van der Waals surface area contributed by atoms with Crippen LogP contribution in [0.25, 0.3) is 0 Å². The highest BCUT2D eigenvalue weighted by Gasteiger charge is 2.33. The zero-order valence-corrected chi connectivity index (χ0v) is 13.3. The molecule has 0 spiro atoms. The molecule has 3 rings (SSSR count). The molecule has 2 heterocycles. The first-order valence-corrected chi connectivity index (χ1v) is 7.62. The maximum absolute atomic E-state index is 12.4. The summed E-state index contributed by atoms with van der Waals surface area (Å²) >= 11 is 5.86. The second kappa shape index (κ2) is 6.37. The van der Waals surface area contributed by atoms with Crippen molar-refractivity contribution < 1.29 is 9.59 Å². The highest BCUT2D eigenvalue weighted by Crippen LogP contribution is 2.23. The Morgan fingerprint density at radius 1 is 1.39 bits per heavy atom. The summed E-state index contributed by atoms with van der Waals surface area (Å²) in [6.45, 7) is 0.568. The number of halogens is 1. The highest BCUT2D eigenvalue weighted by molar-refractivity contribution is 6.30. The Bertz CT molecular complexity index is 728. The maximum Gasteiger partial charge on any atom is 0.249 e. The zero-order chi connectivity index (χ0) is 16.4. The number of rotatable bonds is 4. The van der Waals surface area contributed by atoms with Crippen LogP contribution in [-0.4, -0.2) is 39.4 Å². The van der Waals surface area contributed by atoms with E-state index in [4.69, 9.17) is 11.6 Å². The molecule has 1 aromatic carbocycles. The first-order valence-electron chi connectivity index (χ1n) is 7.24. The van der Waals surface area contributed by atoms with Crippen molar-refractivity contribution in [3.05, 3.63) is 41.2 Å². The Morgan fingerprint density at radius 3 is 2.78 bits per heavy atom. The van der Waals surface area contributed by atoms with Crippen molar-refractivity contribution in [2.45, 2.75) is 18.9 Å². The second-order valence-corrected chi connectivity index (χ2v) is 5.84. The molecule has 120 valence electrons. The van der Waals surface area contributed by atoms with Gasteiger partial charge in [0.25, 0.3) is 0 Å². The minimum Gasteiger partial charge on any atom is -0.344 e. The molecule has 0 saturated carbocycles. The molecule has 2 amide bonds. The molecule has 1 aliphatic heterocycles. The number of hydrogen-bond acceptors (Lipinski definition) is 4. The Kier molecular flexibility index (Phi) is 4.29. The summed E-state index contributed by atoms with van der Waals surface area (Å²) in [7, 11) is 1.72. The molecule has 7 nitrogen and oxygen atoms in total. The lowest BCUT2D eigenvalue weighted by Gasteiger charge is -2.17. The summed E-state index contributed by atoms with van der Waals surface area (Å²) in [6.07, 6.45) is 2.27. The molecule has 0 radical (unpaired) electrons. The molecule has 1 fully saturated rings. The van der Waals surface area contributed by atoms with Crippen LogP contribution < -0.4 is 10.2 Å². The normalized spacial score (nSPS) is 17.6. The van der Waals surface area contributed by atoms with Crippen LogP contribution in [0.4, 0.5) is 5.69 Å². The van der Waals surface area contributed by atoms with Crippen LogP contribution in [0.5, 0.6) is 0 Å². The first-order chi connectivity index (χ1) is 11.0. The van der Waals surface area contributed by atoms with Crippen LogP contribution >= 0.6 is 11.6 Å². The molecule has 1 unspecified atom stereocenters. The van der Waals surface area contributed by atoms with Gasteiger partial charge in [0.15, 0.2) is 0 Å². The fraction of sp³-hybridized carbons (Fsp3) is 0.333. The number of carbonyl (C=O) groups is 2. The molecule has 23 heavy (non-hydrogen) atoms. The lowest BCUT2D eigenvalue weighted by molar-refractivity contribution is -0.126. The predicted octanol–water partition coefficient (Wildman–Crippen LogP) is 0.933. The number of aryl methyl sites for hydroxylation is 1. The van der Waals surface area contributed by atoms with Crippen LogP contribution in [0.1, 0.15) is 12.1 Å². The van der Waals surface area contributed by atoms with E-state index in [0.717, 1.165) is 5.69 Å². The number of amides is 2. The van der Waals surface area contributed by atoms with E-state index in [1.165, 1.54) is 10.9 Å². The van der Waals surface area contributed by atoms with E-state index in [1.807, 2.05) is 0 Å². The van der Waals surface area contributed by atoms with Gasteiger partial charge in [0, 0.05) is 24.3 Å². The third-order valence-electron chi connectivity index (χ3n) is 3.83. The van der Waals surface area contributed by atoms with E-state index in [9.17, 15) is 9.59 Å². The number of aromatic nitrogens is 3. The third-order valence-corrected chi connectivity index (χ3v) is 4.08. The predicted molar refractivity (Wildman–Crippen MR) is 85.1 cm³/mol. The second-order valence-electron chi connectivity index (χ2n) is 5.40. The van der Waals surface area contributed by atoms with E-state index < -0.39 is 6.04 Å². The Labute approximate surface area is 138 Å². The van der Waals surface area contributed by atoms with Gasteiger partial charge in [-0.25, -0.2) is 0 Å². The number of anilines is 1. The van der Waals surface area contributed by atoms with Gasteiger partial charge >= 0.3 is 0 Å². The Hall–Kier alpha value is -2.41. The van der Waals surface area contributed by atoms with Crippen LogP contribution in [0.2, 0.25) is 5.02 Å². The van der Waals surface area contributed by atoms with E-state index in [0.29, 0.717) is 23.7 Å².